The Morgan fingerprint density at radius 3 is 2.88 bits per heavy atom. The van der Waals surface area contributed by atoms with Gasteiger partial charge < -0.3 is 15.0 Å². The van der Waals surface area contributed by atoms with Crippen molar-refractivity contribution in [2.75, 3.05) is 12.8 Å². The first-order valence-corrected chi connectivity index (χ1v) is 5.88. The number of ether oxygens (including phenoxy) is 1. The first kappa shape index (κ1) is 12.0. The van der Waals surface area contributed by atoms with Crippen LogP contribution in [0, 0.1) is 5.41 Å². The molecular weight excluding hydrogens is 218 g/mol. The molecule has 5 heteroatoms. The van der Waals surface area contributed by atoms with Crippen molar-refractivity contribution in [2.45, 2.75) is 39.2 Å². The van der Waals surface area contributed by atoms with Gasteiger partial charge >= 0.3 is 5.97 Å². The molecular formula is C12H19N3O2. The number of esters is 1. The minimum atomic E-state index is -0.475. The lowest BCUT2D eigenvalue weighted by Gasteiger charge is -2.28. The van der Waals surface area contributed by atoms with Crippen LogP contribution in [-0.2, 0) is 4.74 Å². The van der Waals surface area contributed by atoms with E-state index in [1.54, 1.807) is 6.33 Å². The van der Waals surface area contributed by atoms with Gasteiger partial charge in [0.05, 0.1) is 13.4 Å². The fraction of sp³-hybridized carbons (Fsp3) is 0.667. The summed E-state index contributed by atoms with van der Waals surface area (Å²) in [6.45, 7) is 4.45. The number of aromatic nitrogens is 2. The molecule has 1 heterocycles. The number of imidazole rings is 1. The number of hydrogen-bond acceptors (Lipinski definition) is 4. The number of anilines is 1. The molecule has 0 spiro atoms. The van der Waals surface area contributed by atoms with Gasteiger partial charge in [0.2, 0.25) is 0 Å². The van der Waals surface area contributed by atoms with Crippen LogP contribution in [0.4, 0.5) is 5.82 Å². The normalized spacial score (nSPS) is 22.6. The van der Waals surface area contributed by atoms with Gasteiger partial charge in [-0.05, 0) is 18.3 Å². The third-order valence-corrected chi connectivity index (χ3v) is 3.75. The van der Waals surface area contributed by atoms with Crippen LogP contribution in [0.3, 0.4) is 0 Å². The molecule has 1 aromatic rings. The van der Waals surface area contributed by atoms with E-state index in [1.807, 2.05) is 4.57 Å². The smallest absolute Gasteiger partial charge is 0.360 e. The summed E-state index contributed by atoms with van der Waals surface area (Å²) in [7, 11) is 1.33. The largest absolute Gasteiger partial charge is 0.464 e. The molecule has 1 aliphatic carbocycles. The quantitative estimate of drug-likeness (QED) is 0.799. The van der Waals surface area contributed by atoms with E-state index in [4.69, 9.17) is 5.73 Å². The summed E-state index contributed by atoms with van der Waals surface area (Å²) in [5.41, 5.74) is 6.39. The highest BCUT2D eigenvalue weighted by Crippen LogP contribution is 2.46. The molecule has 1 atom stereocenters. The average molecular weight is 237 g/mol. The van der Waals surface area contributed by atoms with Crippen molar-refractivity contribution in [2.24, 2.45) is 5.41 Å². The van der Waals surface area contributed by atoms with E-state index < -0.39 is 5.97 Å². The number of carbonyl (C=O) groups excluding carboxylic acids is 1. The molecule has 0 aliphatic heterocycles. The molecule has 1 fully saturated rings. The molecule has 0 amide bonds. The standard InChI is InChI=1S/C12H19N3O2/c1-12(2)6-4-5-8(12)15-7-14-9(10(15)13)11(16)17-3/h7-8H,4-6,13H2,1-3H3. The maximum Gasteiger partial charge on any atom is 0.360 e. The van der Waals surface area contributed by atoms with Crippen LogP contribution in [-0.4, -0.2) is 22.6 Å². The molecule has 0 bridgehead atoms. The molecule has 0 radical (unpaired) electrons. The van der Waals surface area contributed by atoms with Crippen molar-refractivity contribution in [3.05, 3.63) is 12.0 Å². The average Bonchev–Trinajstić information content (AvgIpc) is 2.80. The minimum absolute atomic E-state index is 0.197. The lowest BCUT2D eigenvalue weighted by Crippen LogP contribution is -2.22. The molecule has 1 aliphatic rings. The van der Waals surface area contributed by atoms with Crippen LogP contribution < -0.4 is 5.73 Å². The summed E-state index contributed by atoms with van der Waals surface area (Å²) in [6, 6.07) is 0.313. The maximum atomic E-state index is 11.4. The summed E-state index contributed by atoms with van der Waals surface area (Å²) >= 11 is 0. The van der Waals surface area contributed by atoms with E-state index in [2.05, 4.69) is 23.6 Å². The van der Waals surface area contributed by atoms with Crippen LogP contribution in [0.5, 0.6) is 0 Å². The van der Waals surface area contributed by atoms with Crippen LogP contribution >= 0.6 is 0 Å². The highest BCUT2D eigenvalue weighted by atomic mass is 16.5. The number of carbonyl (C=O) groups is 1. The SMILES string of the molecule is COC(=O)c1ncn(C2CCCC2(C)C)c1N. The summed E-state index contributed by atoms with van der Waals surface area (Å²) < 4.78 is 6.57. The fourth-order valence-electron chi connectivity index (χ4n) is 2.70. The van der Waals surface area contributed by atoms with E-state index in [0.29, 0.717) is 11.9 Å². The van der Waals surface area contributed by atoms with E-state index >= 15 is 0 Å². The van der Waals surface area contributed by atoms with Gasteiger partial charge in [-0.15, -0.1) is 0 Å². The maximum absolute atomic E-state index is 11.4. The van der Waals surface area contributed by atoms with Gasteiger partial charge in [0.25, 0.3) is 0 Å². The second kappa shape index (κ2) is 4.05. The van der Waals surface area contributed by atoms with Crippen molar-refractivity contribution < 1.29 is 9.53 Å². The van der Waals surface area contributed by atoms with Gasteiger partial charge in [0.15, 0.2) is 5.69 Å². The van der Waals surface area contributed by atoms with E-state index in [1.165, 1.54) is 20.0 Å². The Morgan fingerprint density at radius 1 is 1.65 bits per heavy atom. The third-order valence-electron chi connectivity index (χ3n) is 3.75. The van der Waals surface area contributed by atoms with Gasteiger partial charge in [0.1, 0.15) is 5.82 Å². The van der Waals surface area contributed by atoms with Crippen molar-refractivity contribution in [3.63, 3.8) is 0 Å². The van der Waals surface area contributed by atoms with Crippen LogP contribution in [0.1, 0.15) is 49.6 Å². The number of methoxy groups -OCH3 is 1. The highest BCUT2D eigenvalue weighted by Gasteiger charge is 2.37. The van der Waals surface area contributed by atoms with Gasteiger partial charge in [-0.25, -0.2) is 9.78 Å². The molecule has 0 saturated heterocycles. The van der Waals surface area contributed by atoms with Crippen molar-refractivity contribution in [1.82, 2.24) is 9.55 Å². The van der Waals surface area contributed by atoms with Gasteiger partial charge in [-0.1, -0.05) is 20.3 Å². The third kappa shape index (κ3) is 1.90. The zero-order valence-electron chi connectivity index (χ0n) is 10.6. The second-order valence-corrected chi connectivity index (χ2v) is 5.27. The summed E-state index contributed by atoms with van der Waals surface area (Å²) in [6.07, 6.45) is 5.08. The monoisotopic (exact) mass is 237 g/mol. The molecule has 94 valence electrons. The second-order valence-electron chi connectivity index (χ2n) is 5.27. The van der Waals surface area contributed by atoms with Crippen LogP contribution in [0.25, 0.3) is 0 Å². The number of rotatable bonds is 2. The Labute approximate surface area is 101 Å². The predicted octanol–water partition coefficient (Wildman–Crippen LogP) is 2.00. The van der Waals surface area contributed by atoms with Crippen molar-refractivity contribution in [3.8, 4) is 0 Å². The molecule has 5 nitrogen and oxygen atoms in total. The van der Waals surface area contributed by atoms with E-state index in [9.17, 15) is 4.79 Å². The first-order chi connectivity index (χ1) is 7.97. The van der Waals surface area contributed by atoms with Gasteiger partial charge in [-0.3, -0.25) is 0 Å². The summed E-state index contributed by atoms with van der Waals surface area (Å²) in [5, 5.41) is 0. The zero-order valence-corrected chi connectivity index (χ0v) is 10.6. The van der Waals surface area contributed by atoms with Gasteiger partial charge in [0, 0.05) is 6.04 Å². The zero-order chi connectivity index (χ0) is 12.6. The predicted molar refractivity (Wildman–Crippen MR) is 64.6 cm³/mol. The molecule has 2 N–H and O–H groups in total. The summed E-state index contributed by atoms with van der Waals surface area (Å²) in [5.74, 6) is -0.0612. The van der Waals surface area contributed by atoms with E-state index in [-0.39, 0.29) is 11.1 Å². The van der Waals surface area contributed by atoms with Crippen LogP contribution in [0.15, 0.2) is 6.33 Å². The number of nitrogens with two attached hydrogens (primary N) is 1. The van der Waals surface area contributed by atoms with E-state index in [0.717, 1.165) is 6.42 Å². The lowest BCUT2D eigenvalue weighted by molar-refractivity contribution is 0.0595. The Kier molecular flexibility index (Phi) is 2.85. The molecule has 17 heavy (non-hydrogen) atoms. The first-order valence-electron chi connectivity index (χ1n) is 5.88. The lowest BCUT2D eigenvalue weighted by atomic mass is 9.87. The Bertz CT molecular complexity index is 437. The molecule has 1 unspecified atom stereocenters. The minimum Gasteiger partial charge on any atom is -0.464 e. The van der Waals surface area contributed by atoms with Crippen LogP contribution in [0.2, 0.25) is 0 Å². The Hall–Kier alpha value is -1.52. The molecule has 2 rings (SSSR count). The number of nitrogens with zero attached hydrogens (tertiary/aromatic N) is 2. The molecule has 0 aromatic carbocycles. The Balaban J connectivity index is 2.35. The topological polar surface area (TPSA) is 70.1 Å². The number of nitrogen functional groups attached to an aromatic ring is 1. The number of hydrogen-bond donors (Lipinski definition) is 1. The Morgan fingerprint density at radius 2 is 2.35 bits per heavy atom. The highest BCUT2D eigenvalue weighted by molar-refractivity contribution is 5.92. The fourth-order valence-corrected chi connectivity index (χ4v) is 2.70. The summed E-state index contributed by atoms with van der Waals surface area (Å²) in [4.78, 5) is 15.5. The molecule has 1 saturated carbocycles. The van der Waals surface area contributed by atoms with Crippen molar-refractivity contribution >= 4 is 11.8 Å². The van der Waals surface area contributed by atoms with Crippen molar-refractivity contribution in [1.29, 1.82) is 0 Å². The van der Waals surface area contributed by atoms with Gasteiger partial charge in [-0.2, -0.15) is 0 Å². The molecule has 1 aromatic heterocycles.